The Morgan fingerprint density at radius 3 is 2.54 bits per heavy atom. The van der Waals surface area contributed by atoms with Gasteiger partial charge in [-0.15, -0.1) is 0 Å². The van der Waals surface area contributed by atoms with Gasteiger partial charge in [0, 0.05) is 17.3 Å². The second-order valence-electron chi connectivity index (χ2n) is 5.48. The van der Waals surface area contributed by atoms with E-state index in [4.69, 9.17) is 11.6 Å². The highest BCUT2D eigenvalue weighted by Crippen LogP contribution is 2.34. The highest BCUT2D eigenvalue weighted by Gasteiger charge is 2.32. The third kappa shape index (κ3) is 5.11. The number of rotatable bonds is 5. The highest BCUT2D eigenvalue weighted by molar-refractivity contribution is 9.09. The Morgan fingerprint density at radius 2 is 1.92 bits per heavy atom. The van der Waals surface area contributed by atoms with Crippen LogP contribution in [0.1, 0.15) is 22.9 Å². The molecule has 2 nitrogen and oxygen atoms in total. The van der Waals surface area contributed by atoms with Gasteiger partial charge in [0.1, 0.15) is 4.83 Å². The van der Waals surface area contributed by atoms with Crippen LogP contribution in [-0.4, -0.2) is 12.5 Å². The average molecular weight is 447 g/mol. The summed E-state index contributed by atoms with van der Waals surface area (Å²) in [6.45, 7) is 1.93. The van der Waals surface area contributed by atoms with Crippen molar-refractivity contribution in [2.75, 3.05) is 11.4 Å². The van der Waals surface area contributed by atoms with Gasteiger partial charge in [-0.1, -0.05) is 57.9 Å². The van der Waals surface area contributed by atoms with Crippen LogP contribution in [-0.2, 0) is 11.0 Å². The summed E-state index contributed by atoms with van der Waals surface area (Å²) in [5.41, 5.74) is -0.00323. The predicted molar refractivity (Wildman–Crippen MR) is 102 cm³/mol. The zero-order valence-electron chi connectivity index (χ0n) is 13.8. The minimum absolute atomic E-state index is 0.152. The van der Waals surface area contributed by atoms with Gasteiger partial charge in [0.05, 0.1) is 5.56 Å². The molecule has 0 aliphatic rings. The van der Waals surface area contributed by atoms with Gasteiger partial charge in [0.2, 0.25) is 5.91 Å². The number of nitrogens with zero attached hydrogens (tertiary/aromatic N) is 1. The molecule has 2 aromatic rings. The van der Waals surface area contributed by atoms with Crippen LogP contribution in [0.3, 0.4) is 0 Å². The first-order valence-corrected chi connectivity index (χ1v) is 9.02. The van der Waals surface area contributed by atoms with Crippen molar-refractivity contribution >= 4 is 39.1 Å². The highest BCUT2D eigenvalue weighted by atomic mass is 79.9. The lowest BCUT2D eigenvalue weighted by atomic mass is 10.1. The van der Waals surface area contributed by atoms with Crippen molar-refractivity contribution in [3.8, 4) is 0 Å². The molecule has 0 N–H and O–H groups in total. The van der Waals surface area contributed by atoms with Crippen molar-refractivity contribution in [3.05, 3.63) is 76.8 Å². The zero-order valence-corrected chi connectivity index (χ0v) is 16.1. The fourth-order valence-electron chi connectivity index (χ4n) is 2.33. The van der Waals surface area contributed by atoms with Gasteiger partial charge < -0.3 is 4.90 Å². The molecule has 26 heavy (non-hydrogen) atoms. The second kappa shape index (κ2) is 8.73. The van der Waals surface area contributed by atoms with Crippen LogP contribution in [0.5, 0.6) is 0 Å². The number of hydrogen-bond acceptors (Lipinski definition) is 1. The molecular formula is C19H16BrClF3NO. The summed E-state index contributed by atoms with van der Waals surface area (Å²) in [7, 11) is 0. The fourth-order valence-corrected chi connectivity index (χ4v) is 3.06. The predicted octanol–water partition coefficient (Wildman–Crippen LogP) is 6.40. The van der Waals surface area contributed by atoms with Gasteiger partial charge in [0.15, 0.2) is 0 Å². The summed E-state index contributed by atoms with van der Waals surface area (Å²) < 4.78 is 39.0. The number of anilines is 1. The second-order valence-corrected chi connectivity index (χ2v) is 6.84. The zero-order chi connectivity index (χ0) is 19.3. The van der Waals surface area contributed by atoms with Gasteiger partial charge in [0.25, 0.3) is 0 Å². The summed E-state index contributed by atoms with van der Waals surface area (Å²) in [5, 5.41) is 0.471. The molecule has 0 spiro atoms. The van der Waals surface area contributed by atoms with Gasteiger partial charge in [-0.3, -0.25) is 4.79 Å². The van der Waals surface area contributed by atoms with E-state index in [1.807, 2.05) is 0 Å². The molecule has 0 saturated heterocycles. The van der Waals surface area contributed by atoms with E-state index in [2.05, 4.69) is 15.9 Å². The normalized spacial score (nSPS) is 13.0. The molecule has 0 aliphatic carbocycles. The Hall–Kier alpha value is -1.79. The summed E-state index contributed by atoms with van der Waals surface area (Å²) in [6.07, 6.45) is -1.04. The molecule has 2 aromatic carbocycles. The molecule has 0 heterocycles. The lowest BCUT2D eigenvalue weighted by molar-refractivity contribution is -0.137. The van der Waals surface area contributed by atoms with Crippen molar-refractivity contribution in [2.45, 2.75) is 17.9 Å². The van der Waals surface area contributed by atoms with Crippen molar-refractivity contribution in [1.29, 1.82) is 0 Å². The van der Waals surface area contributed by atoms with Crippen LogP contribution in [0, 0.1) is 0 Å². The molecule has 1 unspecified atom stereocenters. The lowest BCUT2D eigenvalue weighted by Gasteiger charge is -2.25. The first-order valence-electron chi connectivity index (χ1n) is 7.73. The third-order valence-electron chi connectivity index (χ3n) is 3.63. The van der Waals surface area contributed by atoms with E-state index in [1.165, 1.54) is 17.0 Å². The number of alkyl halides is 4. The molecule has 138 valence electrons. The molecule has 2 rings (SSSR count). The molecule has 1 atom stereocenters. The van der Waals surface area contributed by atoms with Crippen LogP contribution in [0.15, 0.2) is 60.7 Å². The molecule has 0 radical (unpaired) electrons. The number of amides is 1. The number of allylic oxidation sites excluding steroid dienone is 1. The number of carbonyl (C=O) groups excluding carboxylic acids is 1. The van der Waals surface area contributed by atoms with Crippen molar-refractivity contribution in [3.63, 3.8) is 0 Å². The maximum absolute atomic E-state index is 13.0. The Balaban J connectivity index is 2.39. The smallest absolute Gasteiger partial charge is 0.307 e. The molecule has 1 amide bonds. The Bertz CT molecular complexity index is 807. The number of benzene rings is 2. The molecule has 0 fully saturated rings. The van der Waals surface area contributed by atoms with Crippen LogP contribution >= 0.6 is 27.5 Å². The average Bonchev–Trinajstić information content (AvgIpc) is 2.60. The number of halogens is 5. The summed E-state index contributed by atoms with van der Waals surface area (Å²) in [5.74, 6) is -0.385. The van der Waals surface area contributed by atoms with E-state index in [0.717, 1.165) is 12.1 Å². The quantitative estimate of drug-likeness (QED) is 0.384. The van der Waals surface area contributed by atoms with Gasteiger partial charge in [-0.2, -0.15) is 13.2 Å². The van der Waals surface area contributed by atoms with Crippen LogP contribution < -0.4 is 4.90 Å². The molecule has 0 aliphatic heterocycles. The summed E-state index contributed by atoms with van der Waals surface area (Å²) in [4.78, 5) is 13.5. The van der Waals surface area contributed by atoms with Crippen LogP contribution in [0.4, 0.5) is 18.9 Å². The monoisotopic (exact) mass is 445 g/mol. The van der Waals surface area contributed by atoms with Gasteiger partial charge >= 0.3 is 6.18 Å². The SMILES string of the molecule is C/C=C/CN(C(=O)C(Br)c1cccc(Cl)c1)c1cccc(C(F)(F)F)c1. The van der Waals surface area contributed by atoms with Crippen molar-refractivity contribution in [2.24, 2.45) is 0 Å². The minimum atomic E-state index is -4.48. The van der Waals surface area contributed by atoms with Gasteiger partial charge in [-0.25, -0.2) is 0 Å². The number of carbonyl (C=O) groups is 1. The lowest BCUT2D eigenvalue weighted by Crippen LogP contribution is -2.34. The molecule has 0 aromatic heterocycles. The molecule has 0 bridgehead atoms. The summed E-state index contributed by atoms with van der Waals surface area (Å²) >= 11 is 9.30. The number of hydrogen-bond donors (Lipinski definition) is 0. The fraction of sp³-hybridized carbons (Fsp3) is 0.211. The first kappa shape index (κ1) is 20.5. The Labute approximate surface area is 163 Å². The molecular weight excluding hydrogens is 431 g/mol. The van der Waals surface area contributed by atoms with E-state index in [0.29, 0.717) is 10.6 Å². The minimum Gasteiger partial charge on any atom is -0.307 e. The van der Waals surface area contributed by atoms with E-state index >= 15 is 0 Å². The van der Waals surface area contributed by atoms with Crippen molar-refractivity contribution in [1.82, 2.24) is 0 Å². The maximum atomic E-state index is 13.0. The largest absolute Gasteiger partial charge is 0.416 e. The standard InChI is InChI=1S/C19H16BrClF3NO/c1-2-3-10-25(16-9-5-7-14(12-16)19(22,23)24)18(26)17(20)13-6-4-8-15(21)11-13/h2-9,11-12,17H,10H2,1H3/b3-2+. The van der Waals surface area contributed by atoms with E-state index in [-0.39, 0.29) is 18.1 Å². The maximum Gasteiger partial charge on any atom is 0.416 e. The van der Waals surface area contributed by atoms with Crippen LogP contribution in [0.2, 0.25) is 5.02 Å². The Kier molecular flexibility index (Phi) is 6.89. The van der Waals surface area contributed by atoms with Crippen molar-refractivity contribution < 1.29 is 18.0 Å². The van der Waals surface area contributed by atoms with E-state index < -0.39 is 16.6 Å². The summed E-state index contributed by atoms with van der Waals surface area (Å²) in [6, 6.07) is 11.5. The van der Waals surface area contributed by atoms with E-state index in [1.54, 1.807) is 43.3 Å². The topological polar surface area (TPSA) is 20.3 Å². The van der Waals surface area contributed by atoms with Crippen LogP contribution in [0.25, 0.3) is 0 Å². The Morgan fingerprint density at radius 1 is 1.23 bits per heavy atom. The molecule has 7 heteroatoms. The van der Waals surface area contributed by atoms with E-state index in [9.17, 15) is 18.0 Å². The molecule has 0 saturated carbocycles. The third-order valence-corrected chi connectivity index (χ3v) is 4.79. The van der Waals surface area contributed by atoms with Gasteiger partial charge in [-0.05, 0) is 42.8 Å². The first-order chi connectivity index (χ1) is 12.2.